The van der Waals surface area contributed by atoms with Gasteiger partial charge in [0.05, 0.1) is 6.20 Å². The molecule has 2 aromatic rings. The van der Waals surface area contributed by atoms with Crippen molar-refractivity contribution in [2.24, 2.45) is 0 Å². The Labute approximate surface area is 139 Å². The number of amides is 1. The largest absolute Gasteiger partial charge is 0.358 e. The number of carbonyl (C=O) groups excluding carboxylic acids is 1. The van der Waals surface area contributed by atoms with Gasteiger partial charge in [0, 0.05) is 31.9 Å². The summed E-state index contributed by atoms with van der Waals surface area (Å²) in [4.78, 5) is 23.7. The van der Waals surface area contributed by atoms with Gasteiger partial charge in [-0.05, 0) is 18.6 Å². The van der Waals surface area contributed by atoms with Gasteiger partial charge in [-0.3, -0.25) is 4.79 Å². The number of anilines is 2. The summed E-state index contributed by atoms with van der Waals surface area (Å²) in [6, 6.07) is 6.01. The summed E-state index contributed by atoms with van der Waals surface area (Å²) in [6.07, 6.45) is 6.07. The van der Waals surface area contributed by atoms with Gasteiger partial charge < -0.3 is 15.5 Å². The lowest BCUT2D eigenvalue weighted by Gasteiger charge is -2.17. The second-order valence-electron chi connectivity index (χ2n) is 5.29. The predicted molar refractivity (Wildman–Crippen MR) is 93.1 cm³/mol. The summed E-state index contributed by atoms with van der Waals surface area (Å²) in [5.74, 6) is 0.889. The van der Waals surface area contributed by atoms with Gasteiger partial charge in [0.2, 0.25) is 0 Å². The summed E-state index contributed by atoms with van der Waals surface area (Å²) in [6.45, 7) is 5.96. The number of nitrogens with zero attached hydrogens (tertiary/aromatic N) is 3. The monoisotopic (exact) mass is 329 g/mol. The van der Waals surface area contributed by atoms with E-state index in [1.165, 1.54) is 11.3 Å². The highest BCUT2D eigenvalue weighted by Crippen LogP contribution is 2.20. The molecule has 3 rings (SSSR count). The topological polar surface area (TPSA) is 70.2 Å². The standard InChI is InChI=1S/C16H19N5OS/c1-2-7-18-16-19-10-13(23-16)15(22)20-12-6-9-21(11-12)14-5-3-4-8-17-14/h2-5,8,10,12H,1,6-7,9,11H2,(H,18,19)(H,20,22). The van der Waals surface area contributed by atoms with E-state index in [-0.39, 0.29) is 11.9 Å². The minimum Gasteiger partial charge on any atom is -0.358 e. The van der Waals surface area contributed by atoms with Gasteiger partial charge in [-0.2, -0.15) is 0 Å². The molecule has 0 bridgehead atoms. The molecule has 1 fully saturated rings. The highest BCUT2D eigenvalue weighted by atomic mass is 32.1. The van der Waals surface area contributed by atoms with Crippen molar-refractivity contribution < 1.29 is 4.79 Å². The first-order valence-electron chi connectivity index (χ1n) is 7.53. The lowest BCUT2D eigenvalue weighted by atomic mass is 10.2. The third-order valence-electron chi connectivity index (χ3n) is 3.62. The molecule has 6 nitrogen and oxygen atoms in total. The average Bonchev–Trinajstić information content (AvgIpc) is 3.23. The first-order valence-corrected chi connectivity index (χ1v) is 8.35. The molecule has 1 amide bonds. The molecule has 1 atom stereocenters. The number of carbonyl (C=O) groups is 1. The zero-order valence-corrected chi connectivity index (χ0v) is 13.6. The van der Waals surface area contributed by atoms with Crippen LogP contribution >= 0.6 is 11.3 Å². The smallest absolute Gasteiger partial charge is 0.263 e. The van der Waals surface area contributed by atoms with Crippen LogP contribution in [0.2, 0.25) is 0 Å². The number of pyridine rings is 1. The summed E-state index contributed by atoms with van der Waals surface area (Å²) in [5, 5.41) is 6.90. The first kappa shape index (κ1) is 15.5. The van der Waals surface area contributed by atoms with Crippen LogP contribution in [0.5, 0.6) is 0 Å². The fraction of sp³-hybridized carbons (Fsp3) is 0.312. The van der Waals surface area contributed by atoms with Crippen molar-refractivity contribution in [2.45, 2.75) is 12.5 Å². The average molecular weight is 329 g/mol. The highest BCUT2D eigenvalue weighted by Gasteiger charge is 2.25. The normalized spacial score (nSPS) is 17.0. The minimum absolute atomic E-state index is 0.0676. The van der Waals surface area contributed by atoms with E-state index in [1.807, 2.05) is 18.2 Å². The van der Waals surface area contributed by atoms with Crippen LogP contribution in [-0.2, 0) is 0 Å². The Morgan fingerprint density at radius 1 is 1.48 bits per heavy atom. The van der Waals surface area contributed by atoms with Crippen molar-refractivity contribution in [3.8, 4) is 0 Å². The zero-order valence-electron chi connectivity index (χ0n) is 12.7. The van der Waals surface area contributed by atoms with Gasteiger partial charge in [0.25, 0.3) is 5.91 Å². The van der Waals surface area contributed by atoms with Crippen LogP contribution in [0.15, 0.2) is 43.2 Å². The van der Waals surface area contributed by atoms with E-state index in [0.29, 0.717) is 11.4 Å². The van der Waals surface area contributed by atoms with Crippen LogP contribution in [-0.4, -0.2) is 41.6 Å². The van der Waals surface area contributed by atoms with Crippen molar-refractivity contribution in [1.29, 1.82) is 0 Å². The summed E-state index contributed by atoms with van der Waals surface area (Å²) < 4.78 is 0. The summed E-state index contributed by atoms with van der Waals surface area (Å²) in [5.41, 5.74) is 0. The second kappa shape index (κ2) is 7.23. The molecule has 7 heteroatoms. The third kappa shape index (κ3) is 3.87. The van der Waals surface area contributed by atoms with Crippen molar-refractivity contribution in [1.82, 2.24) is 15.3 Å². The molecule has 1 aliphatic rings. The molecule has 0 saturated carbocycles. The van der Waals surface area contributed by atoms with E-state index in [4.69, 9.17) is 0 Å². The Morgan fingerprint density at radius 2 is 2.39 bits per heavy atom. The van der Waals surface area contributed by atoms with E-state index in [1.54, 1.807) is 18.5 Å². The number of thiazole rings is 1. The fourth-order valence-corrected chi connectivity index (χ4v) is 3.23. The molecule has 0 aliphatic carbocycles. The maximum Gasteiger partial charge on any atom is 0.263 e. The van der Waals surface area contributed by atoms with Crippen LogP contribution in [0.25, 0.3) is 0 Å². The second-order valence-corrected chi connectivity index (χ2v) is 6.32. The zero-order chi connectivity index (χ0) is 16.1. The molecule has 23 heavy (non-hydrogen) atoms. The fourth-order valence-electron chi connectivity index (χ4n) is 2.50. The van der Waals surface area contributed by atoms with Crippen molar-refractivity contribution >= 4 is 28.2 Å². The number of hydrogen-bond acceptors (Lipinski definition) is 6. The molecule has 2 N–H and O–H groups in total. The Balaban J connectivity index is 1.54. The SMILES string of the molecule is C=CCNc1ncc(C(=O)NC2CCN(c3ccccn3)C2)s1. The highest BCUT2D eigenvalue weighted by molar-refractivity contribution is 7.17. The van der Waals surface area contributed by atoms with Gasteiger partial charge in [-0.15, -0.1) is 6.58 Å². The van der Waals surface area contributed by atoms with Gasteiger partial charge >= 0.3 is 0 Å². The number of aromatic nitrogens is 2. The van der Waals surface area contributed by atoms with Gasteiger partial charge in [-0.25, -0.2) is 9.97 Å². The van der Waals surface area contributed by atoms with Crippen LogP contribution < -0.4 is 15.5 Å². The first-order chi connectivity index (χ1) is 11.3. The number of hydrogen-bond donors (Lipinski definition) is 2. The molecule has 3 heterocycles. The van der Waals surface area contributed by atoms with E-state index in [9.17, 15) is 4.79 Å². The molecule has 2 aromatic heterocycles. The third-order valence-corrected chi connectivity index (χ3v) is 4.58. The Bertz CT molecular complexity index is 672. The van der Waals surface area contributed by atoms with E-state index in [0.717, 1.165) is 30.5 Å². The molecule has 0 radical (unpaired) electrons. The molecule has 1 unspecified atom stereocenters. The van der Waals surface area contributed by atoms with E-state index in [2.05, 4.69) is 32.1 Å². The van der Waals surface area contributed by atoms with Crippen molar-refractivity contribution in [3.05, 3.63) is 48.1 Å². The van der Waals surface area contributed by atoms with E-state index >= 15 is 0 Å². The van der Waals surface area contributed by atoms with Crippen LogP contribution in [0, 0.1) is 0 Å². The molecule has 0 aromatic carbocycles. The Kier molecular flexibility index (Phi) is 4.87. The molecule has 0 spiro atoms. The lowest BCUT2D eigenvalue weighted by Crippen LogP contribution is -2.36. The molecular formula is C16H19N5OS. The van der Waals surface area contributed by atoms with Crippen LogP contribution in [0.4, 0.5) is 10.9 Å². The molecular weight excluding hydrogens is 310 g/mol. The minimum atomic E-state index is -0.0676. The molecule has 1 aliphatic heterocycles. The Hall–Kier alpha value is -2.41. The quantitative estimate of drug-likeness (QED) is 0.795. The molecule has 120 valence electrons. The predicted octanol–water partition coefficient (Wildman–Crippen LogP) is 2.14. The lowest BCUT2D eigenvalue weighted by molar-refractivity contribution is 0.0944. The van der Waals surface area contributed by atoms with Crippen LogP contribution in [0.3, 0.4) is 0 Å². The van der Waals surface area contributed by atoms with Crippen molar-refractivity contribution in [3.63, 3.8) is 0 Å². The number of rotatable bonds is 6. The van der Waals surface area contributed by atoms with Crippen molar-refractivity contribution in [2.75, 3.05) is 29.9 Å². The van der Waals surface area contributed by atoms with E-state index < -0.39 is 0 Å². The summed E-state index contributed by atoms with van der Waals surface area (Å²) >= 11 is 1.35. The number of nitrogens with one attached hydrogen (secondary N) is 2. The van der Waals surface area contributed by atoms with Gasteiger partial charge in [0.1, 0.15) is 10.7 Å². The maximum absolute atomic E-state index is 12.3. The maximum atomic E-state index is 12.3. The van der Waals surface area contributed by atoms with Gasteiger partial charge in [0.15, 0.2) is 5.13 Å². The Morgan fingerprint density at radius 3 is 3.17 bits per heavy atom. The summed E-state index contributed by atoms with van der Waals surface area (Å²) in [7, 11) is 0. The van der Waals surface area contributed by atoms with Gasteiger partial charge in [-0.1, -0.05) is 23.5 Å². The molecule has 1 saturated heterocycles. The van der Waals surface area contributed by atoms with Crippen LogP contribution in [0.1, 0.15) is 16.1 Å².